The number of nitrogen functional groups attached to an aromatic ring is 1. The molecule has 29 heavy (non-hydrogen) atoms. The van der Waals surface area contributed by atoms with Crippen molar-refractivity contribution in [1.82, 2.24) is 20.2 Å². The maximum absolute atomic E-state index is 12.2. The largest absolute Gasteiger partial charge is 0.346 e. The second kappa shape index (κ2) is 9.10. The molecule has 10 heteroatoms. The highest BCUT2D eigenvalue weighted by Gasteiger charge is 2.15. The summed E-state index contributed by atoms with van der Waals surface area (Å²) in [5, 5.41) is 15.9. The molecule has 0 aliphatic heterocycles. The van der Waals surface area contributed by atoms with Gasteiger partial charge in [-0.2, -0.15) is 0 Å². The zero-order chi connectivity index (χ0) is 21.0. The van der Waals surface area contributed by atoms with Gasteiger partial charge in [0, 0.05) is 5.69 Å². The summed E-state index contributed by atoms with van der Waals surface area (Å²) >= 11 is 2.67. The maximum Gasteiger partial charge on any atom is 0.243 e. The van der Waals surface area contributed by atoms with E-state index in [1.165, 1.54) is 16.0 Å². The first kappa shape index (κ1) is 20.9. The minimum absolute atomic E-state index is 0.0790. The molecule has 4 N–H and O–H groups in total. The first-order valence-corrected chi connectivity index (χ1v) is 10.7. The second-order valence-corrected chi connectivity index (χ2v) is 8.43. The first-order chi connectivity index (χ1) is 13.8. The van der Waals surface area contributed by atoms with Crippen LogP contribution in [0.4, 0.5) is 5.69 Å². The topological polar surface area (TPSA) is 115 Å². The Morgan fingerprint density at radius 1 is 1.17 bits per heavy atom. The van der Waals surface area contributed by atoms with Gasteiger partial charge < -0.3 is 16.5 Å². The van der Waals surface area contributed by atoms with Gasteiger partial charge in [0.15, 0.2) is 5.82 Å². The molecule has 0 fully saturated rings. The van der Waals surface area contributed by atoms with Gasteiger partial charge in [0.1, 0.15) is 0 Å². The molecule has 2 amide bonds. The Hall–Kier alpha value is -2.85. The van der Waals surface area contributed by atoms with E-state index in [0.29, 0.717) is 11.0 Å². The number of nitrogens with zero attached hydrogens (tertiary/aromatic N) is 3. The minimum Gasteiger partial charge on any atom is -0.346 e. The molecule has 0 bridgehead atoms. The van der Waals surface area contributed by atoms with Crippen molar-refractivity contribution in [3.8, 4) is 10.7 Å². The Balaban J connectivity index is 1.49. The number of hydrogen-bond donors (Lipinski definition) is 3. The number of rotatable bonds is 7. The molecule has 0 radical (unpaired) electrons. The third-order valence-electron chi connectivity index (χ3n) is 4.13. The lowest BCUT2D eigenvalue weighted by atomic mass is 10.1. The molecule has 3 aromatic rings. The molecule has 1 aromatic carbocycles. The van der Waals surface area contributed by atoms with Crippen molar-refractivity contribution in [3.63, 3.8) is 0 Å². The number of nitrogens with two attached hydrogens (primary N) is 1. The quantitative estimate of drug-likeness (QED) is 0.392. The third-order valence-corrected chi connectivity index (χ3v) is 5.93. The lowest BCUT2D eigenvalue weighted by molar-refractivity contribution is -0.122. The summed E-state index contributed by atoms with van der Waals surface area (Å²) in [7, 11) is 0. The molecule has 0 atom stereocenters. The number of benzene rings is 1. The summed E-state index contributed by atoms with van der Waals surface area (Å²) in [4.78, 5) is 25.2. The summed E-state index contributed by atoms with van der Waals surface area (Å²) < 4.78 is 1.36. The molecule has 0 spiro atoms. The monoisotopic (exact) mass is 430 g/mol. The van der Waals surface area contributed by atoms with Crippen molar-refractivity contribution in [2.24, 2.45) is 0 Å². The van der Waals surface area contributed by atoms with Crippen LogP contribution in [0.2, 0.25) is 0 Å². The maximum atomic E-state index is 12.2. The van der Waals surface area contributed by atoms with E-state index in [1.807, 2.05) is 50.4 Å². The van der Waals surface area contributed by atoms with E-state index in [4.69, 9.17) is 5.84 Å². The number of amides is 2. The van der Waals surface area contributed by atoms with Crippen LogP contribution in [-0.2, 0) is 9.59 Å². The average Bonchev–Trinajstić information content (AvgIpc) is 3.31. The van der Waals surface area contributed by atoms with Crippen molar-refractivity contribution in [2.45, 2.75) is 25.9 Å². The van der Waals surface area contributed by atoms with E-state index < -0.39 is 0 Å². The van der Waals surface area contributed by atoms with Gasteiger partial charge in [-0.3, -0.25) is 9.59 Å². The van der Waals surface area contributed by atoms with Crippen LogP contribution < -0.4 is 16.5 Å². The summed E-state index contributed by atoms with van der Waals surface area (Å²) in [6.07, 6.45) is 0. The number of thiophene rings is 1. The number of carbonyl (C=O) groups excluding carboxylic acids is 2. The second-order valence-electron chi connectivity index (χ2n) is 6.54. The van der Waals surface area contributed by atoms with Crippen LogP contribution in [0.1, 0.15) is 16.7 Å². The highest BCUT2D eigenvalue weighted by molar-refractivity contribution is 7.99. The standard InChI is InChI=1S/C19H22N6O2S2/c1-11-7-12(2)17(13(3)8-11)22-15(26)9-21-16(27)10-29-19-24-23-18(25(19)20)14-5-4-6-28-14/h4-8H,9-10,20H2,1-3H3,(H,21,27)(H,22,26). The van der Waals surface area contributed by atoms with Crippen LogP contribution in [0.25, 0.3) is 10.7 Å². The van der Waals surface area contributed by atoms with Crippen LogP contribution in [-0.4, -0.2) is 39.0 Å². The SMILES string of the molecule is Cc1cc(C)c(NC(=O)CNC(=O)CSc2nnc(-c3cccs3)n2N)c(C)c1. The summed E-state index contributed by atoms with van der Waals surface area (Å²) in [5.74, 6) is 6.07. The van der Waals surface area contributed by atoms with Crippen LogP contribution in [0.3, 0.4) is 0 Å². The van der Waals surface area contributed by atoms with Crippen LogP contribution in [0.15, 0.2) is 34.8 Å². The van der Waals surface area contributed by atoms with E-state index in [2.05, 4.69) is 20.8 Å². The van der Waals surface area contributed by atoms with Crippen molar-refractivity contribution < 1.29 is 9.59 Å². The van der Waals surface area contributed by atoms with Crippen LogP contribution in [0.5, 0.6) is 0 Å². The Kier molecular flexibility index (Phi) is 6.55. The fourth-order valence-corrected chi connectivity index (χ4v) is 4.26. The van der Waals surface area contributed by atoms with E-state index in [-0.39, 0.29) is 24.1 Å². The van der Waals surface area contributed by atoms with Crippen molar-refractivity contribution in [3.05, 3.63) is 46.3 Å². The summed E-state index contributed by atoms with van der Waals surface area (Å²) in [6, 6.07) is 7.81. The van der Waals surface area contributed by atoms with Gasteiger partial charge in [-0.1, -0.05) is 35.5 Å². The molecule has 2 aromatic heterocycles. The Bertz CT molecular complexity index is 1010. The molecule has 0 saturated carbocycles. The molecule has 0 aliphatic rings. The number of carbonyl (C=O) groups is 2. The molecule has 3 rings (SSSR count). The Labute approximate surface area is 176 Å². The molecule has 0 unspecified atom stereocenters. The van der Waals surface area contributed by atoms with Crippen molar-refractivity contribution in [2.75, 3.05) is 23.5 Å². The number of thioether (sulfide) groups is 1. The number of anilines is 1. The van der Waals surface area contributed by atoms with E-state index >= 15 is 0 Å². The zero-order valence-corrected chi connectivity index (χ0v) is 18.0. The van der Waals surface area contributed by atoms with Crippen LogP contribution >= 0.6 is 23.1 Å². The van der Waals surface area contributed by atoms with E-state index in [9.17, 15) is 9.59 Å². The molecule has 0 aliphatic carbocycles. The fourth-order valence-electron chi connectivity index (χ4n) is 2.87. The average molecular weight is 431 g/mol. The van der Waals surface area contributed by atoms with Crippen molar-refractivity contribution >= 4 is 40.6 Å². The van der Waals surface area contributed by atoms with Crippen molar-refractivity contribution in [1.29, 1.82) is 0 Å². The smallest absolute Gasteiger partial charge is 0.243 e. The lowest BCUT2D eigenvalue weighted by Crippen LogP contribution is -2.34. The van der Waals surface area contributed by atoms with Gasteiger partial charge in [-0.05, 0) is 43.3 Å². The van der Waals surface area contributed by atoms with E-state index in [0.717, 1.165) is 39.0 Å². The lowest BCUT2D eigenvalue weighted by Gasteiger charge is -2.13. The highest BCUT2D eigenvalue weighted by atomic mass is 32.2. The van der Waals surface area contributed by atoms with Gasteiger partial charge in [0.05, 0.1) is 17.2 Å². The number of hydrogen-bond acceptors (Lipinski definition) is 7. The third kappa shape index (κ3) is 5.15. The van der Waals surface area contributed by atoms with Gasteiger partial charge in [0.25, 0.3) is 0 Å². The van der Waals surface area contributed by atoms with Gasteiger partial charge in [-0.15, -0.1) is 21.5 Å². The predicted molar refractivity (Wildman–Crippen MR) is 117 cm³/mol. The number of aromatic nitrogens is 3. The first-order valence-electron chi connectivity index (χ1n) is 8.86. The predicted octanol–water partition coefficient (Wildman–Crippen LogP) is 2.49. The van der Waals surface area contributed by atoms with Gasteiger partial charge >= 0.3 is 0 Å². The summed E-state index contributed by atoms with van der Waals surface area (Å²) in [6.45, 7) is 5.79. The Morgan fingerprint density at radius 2 is 1.90 bits per heavy atom. The molecular formula is C19H22N6O2S2. The molecule has 2 heterocycles. The molecule has 8 nitrogen and oxygen atoms in total. The highest BCUT2D eigenvalue weighted by Crippen LogP contribution is 2.25. The van der Waals surface area contributed by atoms with E-state index in [1.54, 1.807) is 0 Å². The molecule has 152 valence electrons. The van der Waals surface area contributed by atoms with Gasteiger partial charge in [-0.25, -0.2) is 4.68 Å². The van der Waals surface area contributed by atoms with Crippen LogP contribution in [0, 0.1) is 20.8 Å². The normalized spacial score (nSPS) is 10.7. The molecule has 0 saturated heterocycles. The number of nitrogens with one attached hydrogen (secondary N) is 2. The van der Waals surface area contributed by atoms with Gasteiger partial charge in [0.2, 0.25) is 17.0 Å². The minimum atomic E-state index is -0.289. The fraction of sp³-hybridized carbons (Fsp3) is 0.263. The Morgan fingerprint density at radius 3 is 2.55 bits per heavy atom. The number of aryl methyl sites for hydroxylation is 3. The molecular weight excluding hydrogens is 408 g/mol. The zero-order valence-electron chi connectivity index (χ0n) is 16.4. The summed E-state index contributed by atoms with van der Waals surface area (Å²) in [5.41, 5.74) is 3.89.